The summed E-state index contributed by atoms with van der Waals surface area (Å²) in [6.07, 6.45) is 1.82. The number of carbonyl (C=O) groups excluding carboxylic acids is 1. The molecule has 0 atom stereocenters. The van der Waals surface area contributed by atoms with Crippen molar-refractivity contribution in [3.05, 3.63) is 91.2 Å². The van der Waals surface area contributed by atoms with Gasteiger partial charge in [0, 0.05) is 15.6 Å². The number of nitrogens with zero attached hydrogens (tertiary/aromatic N) is 1. The third-order valence-electron chi connectivity index (χ3n) is 4.85. The summed E-state index contributed by atoms with van der Waals surface area (Å²) >= 11 is 22.5. The van der Waals surface area contributed by atoms with Crippen molar-refractivity contribution < 1.29 is 14.3 Å². The van der Waals surface area contributed by atoms with Gasteiger partial charge in [0.25, 0.3) is 5.91 Å². The van der Waals surface area contributed by atoms with Gasteiger partial charge in [-0.15, -0.1) is 0 Å². The minimum Gasteiger partial charge on any atom is -0.494 e. The van der Waals surface area contributed by atoms with Crippen molar-refractivity contribution in [2.45, 2.75) is 13.5 Å². The number of hydrogen-bond acceptors (Lipinski definition) is 5. The van der Waals surface area contributed by atoms with Crippen LogP contribution in [0.3, 0.4) is 0 Å². The Kier molecular flexibility index (Phi) is 8.22. The summed E-state index contributed by atoms with van der Waals surface area (Å²) in [5.74, 6) is 1.25. The highest BCUT2D eigenvalue weighted by molar-refractivity contribution is 9.10. The van der Waals surface area contributed by atoms with Crippen LogP contribution in [0.1, 0.15) is 18.1 Å². The molecular weight excluding hydrogens is 577 g/mol. The van der Waals surface area contributed by atoms with E-state index < -0.39 is 0 Å². The minimum absolute atomic E-state index is 0.159. The fraction of sp³-hybridized carbons (Fsp3) is 0.120. The average Bonchev–Trinajstić information content (AvgIpc) is 3.08. The summed E-state index contributed by atoms with van der Waals surface area (Å²) in [6, 6.07) is 18.2. The molecular formula is C25H18BrCl2NO3S2. The Morgan fingerprint density at radius 3 is 2.50 bits per heavy atom. The van der Waals surface area contributed by atoms with Gasteiger partial charge in [0.1, 0.15) is 18.1 Å². The molecule has 1 heterocycles. The standard InChI is InChI=1S/C25H18BrCl2NO3S2/c1-2-31-19-8-6-18(7-9-19)29-24(30)23(34-25(29)33)12-15-3-10-22(20(26)11-15)32-14-16-4-5-17(27)13-21(16)28/h3-13H,2,14H2,1H3/b23-12+. The van der Waals surface area contributed by atoms with Gasteiger partial charge in [0.2, 0.25) is 0 Å². The zero-order valence-electron chi connectivity index (χ0n) is 17.9. The minimum atomic E-state index is -0.159. The normalized spacial score (nSPS) is 14.7. The van der Waals surface area contributed by atoms with Gasteiger partial charge in [-0.05, 0) is 83.0 Å². The Morgan fingerprint density at radius 2 is 1.82 bits per heavy atom. The van der Waals surface area contributed by atoms with E-state index in [4.69, 9.17) is 44.9 Å². The highest BCUT2D eigenvalue weighted by atomic mass is 79.9. The van der Waals surface area contributed by atoms with Crippen molar-refractivity contribution in [2.24, 2.45) is 0 Å². The number of carbonyl (C=O) groups is 1. The smallest absolute Gasteiger partial charge is 0.270 e. The van der Waals surface area contributed by atoms with E-state index in [0.717, 1.165) is 21.3 Å². The number of amides is 1. The number of thioether (sulfide) groups is 1. The van der Waals surface area contributed by atoms with E-state index in [0.29, 0.717) is 43.9 Å². The molecule has 3 aromatic rings. The summed E-state index contributed by atoms with van der Waals surface area (Å²) < 4.78 is 12.6. The zero-order chi connectivity index (χ0) is 24.2. The second kappa shape index (κ2) is 11.1. The first-order valence-corrected chi connectivity index (χ1v) is 13.0. The molecule has 174 valence electrons. The van der Waals surface area contributed by atoms with Gasteiger partial charge in [-0.3, -0.25) is 9.69 Å². The van der Waals surface area contributed by atoms with Gasteiger partial charge in [0.15, 0.2) is 4.32 Å². The molecule has 34 heavy (non-hydrogen) atoms. The third-order valence-corrected chi connectivity index (χ3v) is 7.36. The second-order valence-electron chi connectivity index (χ2n) is 7.16. The van der Waals surface area contributed by atoms with E-state index in [1.807, 2.05) is 61.5 Å². The van der Waals surface area contributed by atoms with Crippen LogP contribution in [0.5, 0.6) is 11.5 Å². The van der Waals surface area contributed by atoms with Crippen LogP contribution in [0, 0.1) is 0 Å². The van der Waals surface area contributed by atoms with Gasteiger partial charge in [0.05, 0.1) is 21.7 Å². The summed E-state index contributed by atoms with van der Waals surface area (Å²) in [4.78, 5) is 15.1. The number of hydrogen-bond donors (Lipinski definition) is 0. The lowest BCUT2D eigenvalue weighted by Crippen LogP contribution is -2.27. The van der Waals surface area contributed by atoms with E-state index in [2.05, 4.69) is 15.9 Å². The van der Waals surface area contributed by atoms with Gasteiger partial charge < -0.3 is 9.47 Å². The molecule has 0 saturated carbocycles. The van der Waals surface area contributed by atoms with Crippen molar-refractivity contribution >= 4 is 85.1 Å². The fourth-order valence-corrected chi connectivity index (χ4v) is 5.49. The average molecular weight is 595 g/mol. The molecule has 0 spiro atoms. The van der Waals surface area contributed by atoms with Crippen LogP contribution in [0.25, 0.3) is 6.08 Å². The van der Waals surface area contributed by atoms with Gasteiger partial charge in [-0.2, -0.15) is 0 Å². The molecule has 0 aliphatic carbocycles. The second-order valence-corrected chi connectivity index (χ2v) is 10.5. The Labute approximate surface area is 226 Å². The van der Waals surface area contributed by atoms with E-state index >= 15 is 0 Å². The number of anilines is 1. The van der Waals surface area contributed by atoms with Crippen LogP contribution >= 0.6 is 63.1 Å². The monoisotopic (exact) mass is 593 g/mol. The lowest BCUT2D eigenvalue weighted by atomic mass is 10.2. The topological polar surface area (TPSA) is 38.8 Å². The Morgan fingerprint density at radius 1 is 1.06 bits per heavy atom. The number of halogens is 3. The molecule has 0 unspecified atom stereocenters. The molecule has 1 fully saturated rings. The van der Waals surface area contributed by atoms with E-state index in [9.17, 15) is 4.79 Å². The van der Waals surface area contributed by atoms with Crippen molar-refractivity contribution in [2.75, 3.05) is 11.5 Å². The molecule has 0 N–H and O–H groups in total. The fourth-order valence-electron chi connectivity index (χ4n) is 3.22. The van der Waals surface area contributed by atoms with Gasteiger partial charge >= 0.3 is 0 Å². The molecule has 0 aromatic heterocycles. The molecule has 1 aliphatic rings. The first kappa shape index (κ1) is 25.1. The molecule has 4 nitrogen and oxygen atoms in total. The molecule has 1 saturated heterocycles. The SMILES string of the molecule is CCOc1ccc(N2C(=O)/C(=C\c3ccc(OCc4ccc(Cl)cc4Cl)c(Br)c3)SC2=S)cc1. The Hall–Kier alpha value is -2.03. The largest absolute Gasteiger partial charge is 0.494 e. The molecule has 9 heteroatoms. The maximum atomic E-state index is 13.1. The zero-order valence-corrected chi connectivity index (χ0v) is 22.6. The predicted molar refractivity (Wildman–Crippen MR) is 148 cm³/mol. The number of benzene rings is 3. The summed E-state index contributed by atoms with van der Waals surface area (Å²) in [6.45, 7) is 2.80. The number of ether oxygens (including phenoxy) is 2. The quantitative estimate of drug-likeness (QED) is 0.204. The maximum Gasteiger partial charge on any atom is 0.270 e. The van der Waals surface area contributed by atoms with Gasteiger partial charge in [-0.1, -0.05) is 59.3 Å². The van der Waals surface area contributed by atoms with E-state index in [1.165, 1.54) is 16.7 Å². The number of thiocarbonyl (C=S) groups is 1. The first-order chi connectivity index (χ1) is 16.4. The predicted octanol–water partition coefficient (Wildman–Crippen LogP) is 8.14. The number of rotatable bonds is 7. The van der Waals surface area contributed by atoms with Gasteiger partial charge in [-0.25, -0.2) is 0 Å². The molecule has 0 radical (unpaired) electrons. The van der Waals surface area contributed by atoms with Crippen molar-refractivity contribution in [1.29, 1.82) is 0 Å². The Balaban J connectivity index is 1.47. The summed E-state index contributed by atoms with van der Waals surface area (Å²) in [5.41, 5.74) is 2.39. The molecule has 4 rings (SSSR count). The van der Waals surface area contributed by atoms with Crippen molar-refractivity contribution in [3.8, 4) is 11.5 Å². The summed E-state index contributed by atoms with van der Waals surface area (Å²) in [7, 11) is 0. The molecule has 3 aromatic carbocycles. The summed E-state index contributed by atoms with van der Waals surface area (Å²) in [5, 5.41) is 1.13. The van der Waals surface area contributed by atoms with Crippen LogP contribution in [-0.2, 0) is 11.4 Å². The van der Waals surface area contributed by atoms with E-state index in [-0.39, 0.29) is 5.91 Å². The van der Waals surface area contributed by atoms with Crippen LogP contribution in [0.2, 0.25) is 10.0 Å². The third kappa shape index (κ3) is 5.78. The highest BCUT2D eigenvalue weighted by Crippen LogP contribution is 2.37. The van der Waals surface area contributed by atoms with Crippen LogP contribution in [0.4, 0.5) is 5.69 Å². The Bertz CT molecular complexity index is 1280. The van der Waals surface area contributed by atoms with Crippen LogP contribution in [0.15, 0.2) is 70.0 Å². The molecule has 0 bridgehead atoms. The first-order valence-electron chi connectivity index (χ1n) is 10.2. The lowest BCUT2D eigenvalue weighted by Gasteiger charge is -2.15. The van der Waals surface area contributed by atoms with Crippen LogP contribution in [-0.4, -0.2) is 16.8 Å². The lowest BCUT2D eigenvalue weighted by molar-refractivity contribution is -0.113. The maximum absolute atomic E-state index is 13.1. The molecule has 1 aliphatic heterocycles. The van der Waals surface area contributed by atoms with Crippen LogP contribution < -0.4 is 14.4 Å². The van der Waals surface area contributed by atoms with E-state index in [1.54, 1.807) is 12.1 Å². The molecule has 1 amide bonds. The van der Waals surface area contributed by atoms with Crippen molar-refractivity contribution in [1.82, 2.24) is 0 Å². The highest BCUT2D eigenvalue weighted by Gasteiger charge is 2.33. The van der Waals surface area contributed by atoms with Crippen molar-refractivity contribution in [3.63, 3.8) is 0 Å².